The van der Waals surface area contributed by atoms with E-state index < -0.39 is 23.5 Å². The van der Waals surface area contributed by atoms with Gasteiger partial charge in [0.15, 0.2) is 0 Å². The van der Waals surface area contributed by atoms with Gasteiger partial charge in [-0.25, -0.2) is 9.59 Å². The molecule has 2 aromatic heterocycles. The highest BCUT2D eigenvalue weighted by atomic mass is 35.5. The van der Waals surface area contributed by atoms with Crippen LogP contribution in [-0.2, 0) is 22.4 Å². The molecule has 0 unspecified atom stereocenters. The molecule has 38 heavy (non-hydrogen) atoms. The Balaban J connectivity index is 1.45. The third-order valence-corrected chi connectivity index (χ3v) is 6.92. The zero-order valence-corrected chi connectivity index (χ0v) is 21.5. The number of carbonyl (C=O) groups excluding carboxylic acids is 1. The van der Waals surface area contributed by atoms with Crippen LogP contribution in [0.2, 0.25) is 5.02 Å². The van der Waals surface area contributed by atoms with Crippen LogP contribution in [0.25, 0.3) is 33.1 Å². The van der Waals surface area contributed by atoms with Crippen molar-refractivity contribution < 1.29 is 23.5 Å². The minimum absolute atomic E-state index is 0.0732. The van der Waals surface area contributed by atoms with E-state index in [0.717, 1.165) is 22.1 Å². The van der Waals surface area contributed by atoms with Crippen LogP contribution in [0.4, 0.5) is 0 Å². The fraction of sp³-hybridized carbons (Fsp3) is 0.167. The van der Waals surface area contributed by atoms with Crippen LogP contribution in [0.3, 0.4) is 0 Å². The normalized spacial score (nSPS) is 12.1. The highest BCUT2D eigenvalue weighted by Crippen LogP contribution is 2.34. The van der Waals surface area contributed by atoms with Gasteiger partial charge < -0.3 is 19.3 Å². The van der Waals surface area contributed by atoms with Gasteiger partial charge >= 0.3 is 11.6 Å². The highest BCUT2D eigenvalue weighted by molar-refractivity contribution is 6.30. The second-order valence-corrected chi connectivity index (χ2v) is 9.76. The van der Waals surface area contributed by atoms with Gasteiger partial charge in [0.05, 0.1) is 18.2 Å². The van der Waals surface area contributed by atoms with Crippen molar-refractivity contribution in [3.8, 4) is 11.1 Å². The minimum atomic E-state index is -1.18. The van der Waals surface area contributed by atoms with Crippen LogP contribution in [0.15, 0.2) is 80.6 Å². The van der Waals surface area contributed by atoms with E-state index in [2.05, 4.69) is 5.32 Å². The van der Waals surface area contributed by atoms with E-state index in [9.17, 15) is 19.5 Å². The molecule has 7 nitrogen and oxygen atoms in total. The van der Waals surface area contributed by atoms with Gasteiger partial charge in [0.25, 0.3) is 0 Å². The molecule has 192 valence electrons. The van der Waals surface area contributed by atoms with Gasteiger partial charge in [-0.2, -0.15) is 0 Å². The summed E-state index contributed by atoms with van der Waals surface area (Å²) in [4.78, 5) is 37.5. The number of hydrogen-bond donors (Lipinski definition) is 2. The molecule has 0 radical (unpaired) electrons. The Bertz CT molecular complexity index is 1730. The van der Waals surface area contributed by atoms with E-state index in [1.807, 2.05) is 37.3 Å². The molecular formula is C30H24ClNO6. The molecule has 3 aromatic carbocycles. The second kappa shape index (κ2) is 10.2. The summed E-state index contributed by atoms with van der Waals surface area (Å²) in [6.45, 7) is 3.77. The number of carboxylic acid groups (broad SMARTS) is 1. The maximum atomic E-state index is 12.9. The molecule has 0 spiro atoms. The Morgan fingerprint density at radius 3 is 2.37 bits per heavy atom. The standard InChI is InChI=1S/C30H24ClNO6/c1-16-3-7-19(8-4-16)24-15-37-26-14-27-21(12-23(24)26)17(2)22(30(36)38-27)13-28(33)32-25(29(34)35)11-18-5-9-20(31)10-6-18/h3-10,12,14-15,25H,11,13H2,1-2H3,(H,32,33)(H,34,35)/t25-/m0/s1. The third kappa shape index (κ3) is 5.06. The number of benzene rings is 3. The van der Waals surface area contributed by atoms with Crippen molar-refractivity contribution in [3.05, 3.63) is 105 Å². The Hall–Kier alpha value is -4.36. The van der Waals surface area contributed by atoms with Crippen molar-refractivity contribution in [1.29, 1.82) is 0 Å². The van der Waals surface area contributed by atoms with Crippen LogP contribution in [0.5, 0.6) is 0 Å². The van der Waals surface area contributed by atoms with Crippen LogP contribution in [-0.4, -0.2) is 23.0 Å². The largest absolute Gasteiger partial charge is 0.480 e. The van der Waals surface area contributed by atoms with Crippen molar-refractivity contribution in [1.82, 2.24) is 5.32 Å². The first kappa shape index (κ1) is 25.3. The van der Waals surface area contributed by atoms with Crippen molar-refractivity contribution in [2.45, 2.75) is 32.7 Å². The van der Waals surface area contributed by atoms with Gasteiger partial charge in [0.1, 0.15) is 17.2 Å². The molecule has 2 heterocycles. The molecule has 0 bridgehead atoms. The van der Waals surface area contributed by atoms with Crippen LogP contribution in [0.1, 0.15) is 22.3 Å². The predicted octanol–water partition coefficient (Wildman–Crippen LogP) is 5.83. The van der Waals surface area contributed by atoms with E-state index in [-0.39, 0.29) is 18.4 Å². The van der Waals surface area contributed by atoms with Gasteiger partial charge in [0.2, 0.25) is 5.91 Å². The van der Waals surface area contributed by atoms with Crippen molar-refractivity contribution in [2.75, 3.05) is 0 Å². The topological polar surface area (TPSA) is 110 Å². The summed E-state index contributed by atoms with van der Waals surface area (Å²) < 4.78 is 11.3. The fourth-order valence-corrected chi connectivity index (χ4v) is 4.66. The third-order valence-electron chi connectivity index (χ3n) is 6.67. The quantitative estimate of drug-likeness (QED) is 0.257. The van der Waals surface area contributed by atoms with E-state index in [1.54, 1.807) is 43.5 Å². The summed E-state index contributed by atoms with van der Waals surface area (Å²) in [5.41, 5.74) is 4.77. The van der Waals surface area contributed by atoms with Gasteiger partial charge in [-0.05, 0) is 48.7 Å². The van der Waals surface area contributed by atoms with Crippen LogP contribution in [0, 0.1) is 13.8 Å². The first-order chi connectivity index (χ1) is 18.2. The lowest BCUT2D eigenvalue weighted by Gasteiger charge is -2.15. The summed E-state index contributed by atoms with van der Waals surface area (Å²) >= 11 is 5.90. The number of carboxylic acids is 1. The van der Waals surface area contributed by atoms with Gasteiger partial charge in [-0.15, -0.1) is 0 Å². The molecule has 0 saturated carbocycles. The molecule has 0 fully saturated rings. The van der Waals surface area contributed by atoms with Crippen LogP contribution < -0.4 is 10.9 Å². The number of furan rings is 1. The Morgan fingerprint density at radius 2 is 1.68 bits per heavy atom. The Morgan fingerprint density at radius 1 is 0.974 bits per heavy atom. The molecule has 0 aliphatic rings. The maximum absolute atomic E-state index is 12.9. The summed E-state index contributed by atoms with van der Waals surface area (Å²) in [7, 11) is 0. The monoisotopic (exact) mass is 529 g/mol. The maximum Gasteiger partial charge on any atom is 0.340 e. The number of nitrogens with one attached hydrogen (secondary N) is 1. The van der Waals surface area contributed by atoms with Crippen molar-refractivity contribution in [2.24, 2.45) is 0 Å². The number of amides is 1. The summed E-state index contributed by atoms with van der Waals surface area (Å²) in [5.74, 6) is -1.77. The molecular weight excluding hydrogens is 506 g/mol. The average Bonchev–Trinajstić information content (AvgIpc) is 3.29. The first-order valence-electron chi connectivity index (χ1n) is 12.0. The Kier molecular flexibility index (Phi) is 6.78. The second-order valence-electron chi connectivity index (χ2n) is 9.32. The average molecular weight is 530 g/mol. The number of halogens is 1. The molecule has 5 rings (SSSR count). The number of hydrogen-bond acceptors (Lipinski definition) is 5. The molecule has 0 aliphatic carbocycles. The van der Waals surface area contributed by atoms with E-state index >= 15 is 0 Å². The van der Waals surface area contributed by atoms with E-state index in [1.165, 1.54) is 0 Å². The molecule has 2 N–H and O–H groups in total. The Labute approximate surface area is 222 Å². The highest BCUT2D eigenvalue weighted by Gasteiger charge is 2.23. The number of fused-ring (bicyclic) bond motifs is 2. The SMILES string of the molecule is Cc1ccc(-c2coc3cc4oc(=O)c(CC(=O)N[C@@H](Cc5ccc(Cl)cc5)C(=O)O)c(C)c4cc23)cc1. The fourth-order valence-electron chi connectivity index (χ4n) is 4.53. The smallest absolute Gasteiger partial charge is 0.340 e. The first-order valence-corrected chi connectivity index (χ1v) is 12.4. The van der Waals surface area contributed by atoms with Gasteiger partial charge in [-0.1, -0.05) is 53.6 Å². The van der Waals surface area contributed by atoms with Gasteiger partial charge in [0, 0.05) is 33.8 Å². The van der Waals surface area contributed by atoms with E-state index in [0.29, 0.717) is 32.7 Å². The van der Waals surface area contributed by atoms with Crippen molar-refractivity contribution in [3.63, 3.8) is 0 Å². The number of aryl methyl sites for hydroxylation is 2. The van der Waals surface area contributed by atoms with Gasteiger partial charge in [-0.3, -0.25) is 4.79 Å². The molecule has 0 aliphatic heterocycles. The zero-order chi connectivity index (χ0) is 27.0. The molecule has 8 heteroatoms. The molecule has 0 saturated heterocycles. The summed E-state index contributed by atoms with van der Waals surface area (Å²) in [6, 6.07) is 17.2. The zero-order valence-electron chi connectivity index (χ0n) is 20.7. The summed E-state index contributed by atoms with van der Waals surface area (Å²) in [6.07, 6.45) is 1.43. The lowest BCUT2D eigenvalue weighted by molar-refractivity contribution is -0.141. The van der Waals surface area contributed by atoms with Crippen LogP contribution >= 0.6 is 11.6 Å². The predicted molar refractivity (Wildman–Crippen MR) is 146 cm³/mol. The van der Waals surface area contributed by atoms with E-state index in [4.69, 9.17) is 20.4 Å². The summed E-state index contributed by atoms with van der Waals surface area (Å²) in [5, 5.41) is 14.2. The molecule has 5 aromatic rings. The molecule has 1 atom stereocenters. The number of carbonyl (C=O) groups is 2. The minimum Gasteiger partial charge on any atom is -0.480 e. The molecule has 1 amide bonds. The lowest BCUT2D eigenvalue weighted by Crippen LogP contribution is -2.43. The number of aliphatic carboxylic acids is 1. The lowest BCUT2D eigenvalue weighted by atomic mass is 9.99. The van der Waals surface area contributed by atoms with Crippen molar-refractivity contribution >= 4 is 45.4 Å². The number of rotatable bonds is 7.